The number of carbonyl (C=O) groups is 3. The summed E-state index contributed by atoms with van der Waals surface area (Å²) in [4.78, 5) is 30.7. The molecule has 0 N–H and O–H groups in total. The van der Waals surface area contributed by atoms with Crippen molar-refractivity contribution in [2.45, 2.75) is 13.8 Å². The molecule has 0 aromatic heterocycles. The molecule has 0 aromatic rings. The van der Waals surface area contributed by atoms with Gasteiger partial charge in [0.25, 0.3) is 0 Å². The molecule has 0 aliphatic carbocycles. The monoisotopic (exact) mass is 156 g/mol. The fraction of sp³-hybridized carbons (Fsp3) is 0.286. The van der Waals surface area contributed by atoms with Crippen LogP contribution < -0.4 is 0 Å². The zero-order valence-electron chi connectivity index (χ0n) is 6.29. The zero-order chi connectivity index (χ0) is 8.85. The van der Waals surface area contributed by atoms with E-state index in [9.17, 15) is 14.4 Å². The van der Waals surface area contributed by atoms with Gasteiger partial charge in [0.05, 0.1) is 0 Å². The summed E-state index contributed by atoms with van der Waals surface area (Å²) in [5.41, 5.74) is 0.219. The van der Waals surface area contributed by atoms with Crippen molar-refractivity contribution < 1.29 is 19.1 Å². The van der Waals surface area contributed by atoms with Gasteiger partial charge in [0.2, 0.25) is 0 Å². The summed E-state index contributed by atoms with van der Waals surface area (Å²) in [6.45, 7) is 2.55. The summed E-state index contributed by atoms with van der Waals surface area (Å²) >= 11 is 0. The van der Waals surface area contributed by atoms with E-state index in [4.69, 9.17) is 0 Å². The first-order chi connectivity index (χ1) is 5.06. The topological polar surface area (TPSA) is 60.4 Å². The van der Waals surface area contributed by atoms with Crippen LogP contribution in [0.1, 0.15) is 13.8 Å². The number of ether oxygens (including phenoxy) is 1. The summed E-state index contributed by atoms with van der Waals surface area (Å²) in [5, 5.41) is 0. The molecule has 0 saturated heterocycles. The molecular weight excluding hydrogens is 148 g/mol. The van der Waals surface area contributed by atoms with E-state index in [0.717, 1.165) is 13.0 Å². The number of aldehydes is 1. The zero-order valence-corrected chi connectivity index (χ0v) is 6.29. The lowest BCUT2D eigenvalue weighted by Gasteiger charge is -1.92. The molecule has 0 fully saturated rings. The van der Waals surface area contributed by atoms with E-state index in [-0.39, 0.29) is 5.57 Å². The normalized spacial score (nSPS) is 10.5. The lowest BCUT2D eigenvalue weighted by molar-refractivity contribution is -0.154. The minimum absolute atomic E-state index is 0.219. The van der Waals surface area contributed by atoms with Crippen LogP contribution in [0, 0.1) is 0 Å². The molecule has 0 saturated carbocycles. The van der Waals surface area contributed by atoms with Gasteiger partial charge in [-0.15, -0.1) is 0 Å². The van der Waals surface area contributed by atoms with Crippen molar-refractivity contribution >= 4 is 18.2 Å². The van der Waals surface area contributed by atoms with Gasteiger partial charge in [0.15, 0.2) is 0 Å². The second-order valence-electron chi connectivity index (χ2n) is 1.92. The fourth-order valence-corrected chi connectivity index (χ4v) is 0.391. The number of carbonyl (C=O) groups excluding carboxylic acids is 3. The van der Waals surface area contributed by atoms with Gasteiger partial charge in [-0.3, -0.25) is 9.59 Å². The van der Waals surface area contributed by atoms with Gasteiger partial charge in [0.1, 0.15) is 6.29 Å². The number of allylic oxidation sites excluding steroid dienone is 1. The lowest BCUT2D eigenvalue weighted by atomic mass is 10.3. The molecule has 0 aliphatic heterocycles. The van der Waals surface area contributed by atoms with E-state index >= 15 is 0 Å². The van der Waals surface area contributed by atoms with Crippen LogP contribution in [0.5, 0.6) is 0 Å². The quantitative estimate of drug-likeness (QED) is 0.248. The molecule has 0 amide bonds. The summed E-state index contributed by atoms with van der Waals surface area (Å²) in [5.74, 6) is -1.51. The highest BCUT2D eigenvalue weighted by atomic mass is 16.6. The van der Waals surface area contributed by atoms with Crippen molar-refractivity contribution in [1.29, 1.82) is 0 Å². The van der Waals surface area contributed by atoms with Crippen LogP contribution in [0.2, 0.25) is 0 Å². The number of hydrogen-bond donors (Lipinski definition) is 0. The maximum Gasteiger partial charge on any atom is 0.338 e. The maximum atomic E-state index is 10.5. The Morgan fingerprint density at radius 2 is 1.82 bits per heavy atom. The second-order valence-corrected chi connectivity index (χ2v) is 1.92. The summed E-state index contributed by atoms with van der Waals surface area (Å²) in [6, 6.07) is 0. The molecule has 0 spiro atoms. The molecule has 4 heteroatoms. The van der Waals surface area contributed by atoms with E-state index in [1.54, 1.807) is 0 Å². The highest BCUT2D eigenvalue weighted by Gasteiger charge is 2.01. The first-order valence-corrected chi connectivity index (χ1v) is 2.92. The van der Waals surface area contributed by atoms with E-state index in [0.29, 0.717) is 6.29 Å². The van der Waals surface area contributed by atoms with Gasteiger partial charge < -0.3 is 4.74 Å². The standard InChI is InChI=1S/C7H8O4/c1-5(4-8)3-7(10)11-6(2)9/h3-4H,1-2H3/b5-3-. The van der Waals surface area contributed by atoms with Crippen LogP contribution in [0.4, 0.5) is 0 Å². The smallest absolute Gasteiger partial charge is 0.338 e. The Morgan fingerprint density at radius 3 is 2.18 bits per heavy atom. The average molecular weight is 156 g/mol. The highest BCUT2D eigenvalue weighted by molar-refractivity contribution is 5.95. The molecule has 60 valence electrons. The third kappa shape index (κ3) is 5.02. The van der Waals surface area contributed by atoms with Crippen LogP contribution in [-0.4, -0.2) is 18.2 Å². The van der Waals surface area contributed by atoms with Gasteiger partial charge in [-0.1, -0.05) is 0 Å². The Labute approximate surface area is 63.8 Å². The summed E-state index contributed by atoms with van der Waals surface area (Å²) < 4.78 is 4.11. The highest BCUT2D eigenvalue weighted by Crippen LogP contribution is 1.89. The minimum Gasteiger partial charge on any atom is -0.390 e. The third-order valence-corrected chi connectivity index (χ3v) is 0.776. The van der Waals surface area contributed by atoms with Crippen LogP contribution in [0.3, 0.4) is 0 Å². The SMILES string of the molecule is CC(=O)OC(=O)/C=C(/C)C=O. The second kappa shape index (κ2) is 4.38. The first-order valence-electron chi connectivity index (χ1n) is 2.92. The Balaban J connectivity index is 4.07. The van der Waals surface area contributed by atoms with Crippen LogP contribution in [0.25, 0.3) is 0 Å². The minimum atomic E-state index is -0.818. The number of rotatable bonds is 2. The fourth-order valence-electron chi connectivity index (χ4n) is 0.391. The molecule has 0 aliphatic rings. The molecule has 0 rings (SSSR count). The van der Waals surface area contributed by atoms with E-state index in [1.165, 1.54) is 6.92 Å². The van der Waals surface area contributed by atoms with Crippen molar-refractivity contribution in [3.05, 3.63) is 11.6 Å². The van der Waals surface area contributed by atoms with E-state index < -0.39 is 11.9 Å². The molecule has 0 radical (unpaired) electrons. The van der Waals surface area contributed by atoms with Gasteiger partial charge >= 0.3 is 11.9 Å². The molecule has 0 unspecified atom stereocenters. The van der Waals surface area contributed by atoms with Gasteiger partial charge in [0, 0.05) is 13.0 Å². The lowest BCUT2D eigenvalue weighted by Crippen LogP contribution is -2.06. The predicted octanol–water partition coefficient (Wildman–Crippen LogP) is 0.221. The number of esters is 2. The Bertz CT molecular complexity index is 214. The Morgan fingerprint density at radius 1 is 1.27 bits per heavy atom. The van der Waals surface area contributed by atoms with E-state index in [1.807, 2.05) is 0 Å². The first kappa shape index (κ1) is 9.55. The number of hydrogen-bond acceptors (Lipinski definition) is 4. The molecule has 0 heterocycles. The largest absolute Gasteiger partial charge is 0.390 e. The summed E-state index contributed by atoms with van der Waals surface area (Å²) in [6.07, 6.45) is 1.45. The van der Waals surface area contributed by atoms with Crippen molar-refractivity contribution in [2.75, 3.05) is 0 Å². The van der Waals surface area contributed by atoms with Crippen molar-refractivity contribution in [3.8, 4) is 0 Å². The van der Waals surface area contributed by atoms with Crippen LogP contribution in [-0.2, 0) is 19.1 Å². The van der Waals surface area contributed by atoms with Gasteiger partial charge in [-0.2, -0.15) is 0 Å². The predicted molar refractivity (Wildman–Crippen MR) is 36.6 cm³/mol. The Kier molecular flexibility index (Phi) is 3.80. The third-order valence-electron chi connectivity index (χ3n) is 0.776. The maximum absolute atomic E-state index is 10.5. The van der Waals surface area contributed by atoms with Crippen LogP contribution >= 0.6 is 0 Å². The molecule has 0 atom stereocenters. The molecule has 11 heavy (non-hydrogen) atoms. The van der Waals surface area contributed by atoms with Crippen molar-refractivity contribution in [2.24, 2.45) is 0 Å². The molecule has 0 aromatic carbocycles. The molecule has 4 nitrogen and oxygen atoms in total. The molecule has 0 bridgehead atoms. The van der Waals surface area contributed by atoms with Gasteiger partial charge in [-0.05, 0) is 12.5 Å². The molecular formula is C7H8O4. The summed E-state index contributed by atoms with van der Waals surface area (Å²) in [7, 11) is 0. The Hall–Kier alpha value is -1.45. The average Bonchev–Trinajstić information content (AvgIpc) is 1.85. The van der Waals surface area contributed by atoms with Gasteiger partial charge in [-0.25, -0.2) is 4.79 Å². The van der Waals surface area contributed by atoms with Crippen molar-refractivity contribution in [1.82, 2.24) is 0 Å². The van der Waals surface area contributed by atoms with Crippen molar-refractivity contribution in [3.63, 3.8) is 0 Å². The van der Waals surface area contributed by atoms with Crippen LogP contribution in [0.15, 0.2) is 11.6 Å². The van der Waals surface area contributed by atoms with E-state index in [2.05, 4.69) is 4.74 Å².